The maximum absolute atomic E-state index is 14.9. The van der Waals surface area contributed by atoms with Crippen LogP contribution in [0.15, 0.2) is 59.6 Å². The Morgan fingerprint density at radius 1 is 1.09 bits per heavy atom. The van der Waals surface area contributed by atoms with Crippen molar-refractivity contribution in [1.29, 1.82) is 0 Å². The SMILES string of the molecule is CNCCN(C)c1cc(C(F)(F)F)ccc1Nc1cc(F)c(S(=O)(=O)Nc2ccccn2)cc1Cl. The Balaban J connectivity index is 1.96. The van der Waals surface area contributed by atoms with Crippen LogP contribution in [0.3, 0.4) is 0 Å². The molecule has 1 aromatic heterocycles. The van der Waals surface area contributed by atoms with Crippen LogP contribution >= 0.6 is 11.6 Å². The molecule has 0 aliphatic rings. The Labute approximate surface area is 205 Å². The van der Waals surface area contributed by atoms with Gasteiger partial charge >= 0.3 is 6.18 Å². The van der Waals surface area contributed by atoms with Gasteiger partial charge in [-0.15, -0.1) is 0 Å². The highest BCUT2D eigenvalue weighted by Gasteiger charge is 2.31. The fraction of sp³-hybridized carbons (Fsp3) is 0.227. The van der Waals surface area contributed by atoms with Crippen molar-refractivity contribution in [3.05, 3.63) is 71.1 Å². The number of hydrogen-bond donors (Lipinski definition) is 3. The third-order valence-corrected chi connectivity index (χ3v) is 6.60. The summed E-state index contributed by atoms with van der Waals surface area (Å²) < 4.78 is 82.1. The summed E-state index contributed by atoms with van der Waals surface area (Å²) >= 11 is 6.24. The van der Waals surface area contributed by atoms with E-state index in [1.54, 1.807) is 31.1 Å². The van der Waals surface area contributed by atoms with Crippen LogP contribution in [0.5, 0.6) is 0 Å². The van der Waals surface area contributed by atoms with Crippen LogP contribution in [0, 0.1) is 5.82 Å². The van der Waals surface area contributed by atoms with E-state index in [0.717, 1.165) is 24.3 Å². The van der Waals surface area contributed by atoms with Crippen LogP contribution in [0.2, 0.25) is 5.02 Å². The van der Waals surface area contributed by atoms with E-state index in [4.69, 9.17) is 11.6 Å². The largest absolute Gasteiger partial charge is 0.416 e. The van der Waals surface area contributed by atoms with E-state index in [1.807, 2.05) is 0 Å². The zero-order valence-corrected chi connectivity index (χ0v) is 20.2. The van der Waals surface area contributed by atoms with Crippen molar-refractivity contribution in [3.8, 4) is 0 Å². The second-order valence-electron chi connectivity index (χ2n) is 7.46. The molecule has 0 atom stereocenters. The first-order valence-corrected chi connectivity index (χ1v) is 12.1. The first-order chi connectivity index (χ1) is 16.4. The molecule has 188 valence electrons. The molecule has 0 fully saturated rings. The van der Waals surface area contributed by atoms with E-state index >= 15 is 0 Å². The van der Waals surface area contributed by atoms with Crippen molar-refractivity contribution in [2.75, 3.05) is 42.1 Å². The van der Waals surface area contributed by atoms with Crippen molar-refractivity contribution in [2.24, 2.45) is 0 Å². The lowest BCUT2D eigenvalue weighted by Gasteiger charge is -2.24. The van der Waals surface area contributed by atoms with Crippen LogP contribution < -0.4 is 20.3 Å². The second-order valence-corrected chi connectivity index (χ2v) is 9.52. The zero-order valence-electron chi connectivity index (χ0n) is 18.6. The predicted molar refractivity (Wildman–Crippen MR) is 128 cm³/mol. The monoisotopic (exact) mass is 531 g/mol. The van der Waals surface area contributed by atoms with Crippen molar-refractivity contribution < 1.29 is 26.0 Å². The highest BCUT2D eigenvalue weighted by Crippen LogP contribution is 2.38. The number of hydrogen-bond acceptors (Lipinski definition) is 6. The molecule has 0 radical (unpaired) electrons. The summed E-state index contributed by atoms with van der Waals surface area (Å²) in [4.78, 5) is 4.72. The minimum absolute atomic E-state index is 0.00998. The van der Waals surface area contributed by atoms with Crippen molar-refractivity contribution in [2.45, 2.75) is 11.1 Å². The molecular formula is C22H22ClF4N5O2S. The van der Waals surface area contributed by atoms with Crippen LogP contribution in [0.4, 0.5) is 40.4 Å². The lowest BCUT2D eigenvalue weighted by atomic mass is 10.1. The molecule has 7 nitrogen and oxygen atoms in total. The fourth-order valence-electron chi connectivity index (χ4n) is 3.12. The van der Waals surface area contributed by atoms with Gasteiger partial charge in [0, 0.05) is 32.4 Å². The maximum Gasteiger partial charge on any atom is 0.416 e. The van der Waals surface area contributed by atoms with Gasteiger partial charge in [-0.3, -0.25) is 4.72 Å². The highest BCUT2D eigenvalue weighted by molar-refractivity contribution is 7.92. The number of rotatable bonds is 9. The summed E-state index contributed by atoms with van der Waals surface area (Å²) in [5, 5.41) is 5.58. The van der Waals surface area contributed by atoms with Gasteiger partial charge in [0.1, 0.15) is 16.5 Å². The summed E-state index contributed by atoms with van der Waals surface area (Å²) in [6, 6.07) is 9.37. The Hall–Kier alpha value is -3.09. The van der Waals surface area contributed by atoms with Gasteiger partial charge < -0.3 is 15.5 Å². The van der Waals surface area contributed by atoms with Gasteiger partial charge in [0.05, 0.1) is 27.6 Å². The Kier molecular flexibility index (Phi) is 8.08. The number of sulfonamides is 1. The van der Waals surface area contributed by atoms with E-state index < -0.39 is 32.5 Å². The standard InChI is InChI=1S/C22H22ClF4N5O2S/c1-28-9-10-32(2)19-11-14(22(25,26)27)6-7-17(19)30-18-13-16(24)20(12-15(18)23)35(33,34)31-21-5-3-4-8-29-21/h3-8,11-13,28,30H,9-10H2,1-2H3,(H,29,31). The number of likely N-dealkylation sites (N-methyl/N-ethyl adjacent to an activating group) is 2. The summed E-state index contributed by atoms with van der Waals surface area (Å²) in [6.07, 6.45) is -3.19. The molecule has 3 aromatic rings. The topological polar surface area (TPSA) is 86.4 Å². The van der Waals surface area contributed by atoms with Gasteiger partial charge in [-0.25, -0.2) is 17.8 Å². The predicted octanol–water partition coefficient (Wildman–Crippen LogP) is 5.09. The van der Waals surface area contributed by atoms with Crippen LogP contribution in [0.25, 0.3) is 0 Å². The lowest BCUT2D eigenvalue weighted by molar-refractivity contribution is -0.137. The number of nitrogens with zero attached hydrogens (tertiary/aromatic N) is 2. The first-order valence-electron chi connectivity index (χ1n) is 10.2. The summed E-state index contributed by atoms with van der Waals surface area (Å²) in [6.45, 7) is 0.877. The quantitative estimate of drug-likeness (QED) is 0.333. The number of halogens is 5. The van der Waals surface area contributed by atoms with Gasteiger partial charge in [-0.1, -0.05) is 17.7 Å². The zero-order chi connectivity index (χ0) is 25.8. The Bertz CT molecular complexity index is 1290. The van der Waals surface area contributed by atoms with E-state index in [9.17, 15) is 26.0 Å². The van der Waals surface area contributed by atoms with Crippen molar-refractivity contribution in [3.63, 3.8) is 0 Å². The molecule has 13 heteroatoms. The average molecular weight is 532 g/mol. The number of pyridine rings is 1. The van der Waals surface area contributed by atoms with Crippen LogP contribution in [0.1, 0.15) is 5.56 Å². The molecule has 0 unspecified atom stereocenters. The number of alkyl halides is 3. The smallest absolute Gasteiger partial charge is 0.372 e. The molecule has 0 spiro atoms. The number of aromatic nitrogens is 1. The van der Waals surface area contributed by atoms with Gasteiger partial charge in [-0.2, -0.15) is 13.2 Å². The number of benzene rings is 2. The minimum atomic E-state index is -4.56. The van der Waals surface area contributed by atoms with Gasteiger partial charge in [0.2, 0.25) is 0 Å². The third-order valence-electron chi connectivity index (χ3n) is 4.92. The van der Waals surface area contributed by atoms with Crippen molar-refractivity contribution >= 4 is 44.5 Å². The summed E-state index contributed by atoms with van der Waals surface area (Å²) in [5.41, 5.74) is -0.460. The van der Waals surface area contributed by atoms with E-state index in [2.05, 4.69) is 20.3 Å². The van der Waals surface area contributed by atoms with Crippen molar-refractivity contribution in [1.82, 2.24) is 10.3 Å². The highest BCUT2D eigenvalue weighted by atomic mass is 35.5. The molecule has 1 heterocycles. The Morgan fingerprint density at radius 2 is 1.83 bits per heavy atom. The first kappa shape index (κ1) is 26.5. The van der Waals surface area contributed by atoms with E-state index in [0.29, 0.717) is 13.1 Å². The van der Waals surface area contributed by atoms with Gasteiger partial charge in [0.15, 0.2) is 0 Å². The molecule has 2 aromatic carbocycles. The summed E-state index contributed by atoms with van der Waals surface area (Å²) in [7, 11) is -1.03. The molecule has 0 saturated heterocycles. The number of anilines is 4. The number of nitrogens with one attached hydrogen (secondary N) is 3. The van der Waals surface area contributed by atoms with Crippen LogP contribution in [-0.2, 0) is 16.2 Å². The summed E-state index contributed by atoms with van der Waals surface area (Å²) in [5.74, 6) is -1.12. The molecule has 0 aliphatic heterocycles. The molecule has 35 heavy (non-hydrogen) atoms. The third kappa shape index (κ3) is 6.53. The molecule has 0 bridgehead atoms. The van der Waals surface area contributed by atoms with E-state index in [-0.39, 0.29) is 27.9 Å². The van der Waals surface area contributed by atoms with E-state index in [1.165, 1.54) is 18.3 Å². The molecule has 3 rings (SSSR count). The fourth-order valence-corrected chi connectivity index (χ4v) is 4.49. The normalized spacial score (nSPS) is 11.9. The molecule has 0 amide bonds. The molecular weight excluding hydrogens is 510 g/mol. The minimum Gasteiger partial charge on any atom is -0.372 e. The molecule has 3 N–H and O–H groups in total. The lowest BCUT2D eigenvalue weighted by Crippen LogP contribution is -2.28. The second kappa shape index (κ2) is 10.7. The molecule has 0 aliphatic carbocycles. The molecule has 0 saturated carbocycles. The van der Waals surface area contributed by atoms with Gasteiger partial charge in [-0.05, 0) is 43.4 Å². The average Bonchev–Trinajstić information content (AvgIpc) is 2.79. The maximum atomic E-state index is 14.9. The Morgan fingerprint density at radius 3 is 2.46 bits per heavy atom. The van der Waals surface area contributed by atoms with Crippen LogP contribution in [-0.4, -0.2) is 40.6 Å². The van der Waals surface area contributed by atoms with Gasteiger partial charge in [0.25, 0.3) is 10.0 Å².